The van der Waals surface area contributed by atoms with Gasteiger partial charge in [-0.15, -0.1) is 0 Å². The largest absolute Gasteiger partial charge is 0.331 e. The molecule has 2 aliphatic rings. The second-order valence-corrected chi connectivity index (χ2v) is 7.37. The number of hydrogen-bond acceptors (Lipinski definition) is 3. The van der Waals surface area contributed by atoms with Gasteiger partial charge in [0.2, 0.25) is 0 Å². The van der Waals surface area contributed by atoms with E-state index in [0.29, 0.717) is 12.1 Å². The number of hydrogen-bond donors (Lipinski definition) is 1. The zero-order valence-corrected chi connectivity index (χ0v) is 14.9. The second-order valence-electron chi connectivity index (χ2n) is 7.37. The molecule has 2 fully saturated rings. The summed E-state index contributed by atoms with van der Waals surface area (Å²) in [5.74, 6) is 0. The SMILES string of the molecule is Cc1cnn(C2CCN(C(=O)NC(C)c3cnn(C4CC4)c3)CC2)c1. The molecule has 2 aromatic heterocycles. The van der Waals surface area contributed by atoms with Crippen molar-refractivity contribution in [2.24, 2.45) is 0 Å². The monoisotopic (exact) mass is 342 g/mol. The van der Waals surface area contributed by atoms with Crippen molar-refractivity contribution in [2.45, 2.75) is 57.7 Å². The first kappa shape index (κ1) is 16.2. The van der Waals surface area contributed by atoms with Crippen LogP contribution in [-0.4, -0.2) is 43.6 Å². The zero-order valence-electron chi connectivity index (χ0n) is 14.9. The van der Waals surface area contributed by atoms with Gasteiger partial charge in [0.1, 0.15) is 0 Å². The summed E-state index contributed by atoms with van der Waals surface area (Å²) in [7, 11) is 0. The highest BCUT2D eigenvalue weighted by atomic mass is 16.2. The van der Waals surface area contributed by atoms with Gasteiger partial charge in [0.05, 0.1) is 30.5 Å². The number of amides is 2. The summed E-state index contributed by atoms with van der Waals surface area (Å²) in [6.07, 6.45) is 12.2. The lowest BCUT2D eigenvalue weighted by Gasteiger charge is -2.32. The molecule has 3 heterocycles. The van der Waals surface area contributed by atoms with Crippen LogP contribution in [0.2, 0.25) is 0 Å². The van der Waals surface area contributed by atoms with E-state index in [1.54, 1.807) is 0 Å². The Balaban J connectivity index is 1.29. The minimum absolute atomic E-state index is 0.0155. The van der Waals surface area contributed by atoms with Crippen molar-refractivity contribution in [2.75, 3.05) is 13.1 Å². The van der Waals surface area contributed by atoms with E-state index in [0.717, 1.165) is 31.5 Å². The van der Waals surface area contributed by atoms with E-state index in [4.69, 9.17) is 0 Å². The van der Waals surface area contributed by atoms with Crippen LogP contribution in [0.3, 0.4) is 0 Å². The van der Waals surface area contributed by atoms with Gasteiger partial charge < -0.3 is 10.2 Å². The van der Waals surface area contributed by atoms with Crippen LogP contribution in [0.15, 0.2) is 24.8 Å². The lowest BCUT2D eigenvalue weighted by atomic mass is 10.1. The smallest absolute Gasteiger partial charge is 0.317 e. The van der Waals surface area contributed by atoms with Crippen LogP contribution in [0, 0.1) is 6.92 Å². The average molecular weight is 342 g/mol. The molecule has 0 radical (unpaired) electrons. The molecular formula is C18H26N6O. The molecule has 4 rings (SSSR count). The van der Waals surface area contributed by atoms with E-state index in [1.807, 2.05) is 33.6 Å². The molecule has 1 saturated carbocycles. The Labute approximate surface area is 148 Å². The van der Waals surface area contributed by atoms with E-state index < -0.39 is 0 Å². The van der Waals surface area contributed by atoms with Gasteiger partial charge in [-0.25, -0.2) is 4.79 Å². The third-order valence-electron chi connectivity index (χ3n) is 5.24. The zero-order chi connectivity index (χ0) is 17.4. The topological polar surface area (TPSA) is 68.0 Å². The lowest BCUT2D eigenvalue weighted by Crippen LogP contribution is -2.45. The molecule has 25 heavy (non-hydrogen) atoms. The maximum absolute atomic E-state index is 12.5. The van der Waals surface area contributed by atoms with E-state index in [2.05, 4.69) is 34.8 Å². The molecule has 1 saturated heterocycles. The molecular weight excluding hydrogens is 316 g/mol. The summed E-state index contributed by atoms with van der Waals surface area (Å²) in [4.78, 5) is 14.5. The van der Waals surface area contributed by atoms with Crippen molar-refractivity contribution in [3.8, 4) is 0 Å². The van der Waals surface area contributed by atoms with Gasteiger partial charge in [-0.05, 0) is 45.1 Å². The van der Waals surface area contributed by atoms with Gasteiger partial charge in [0.15, 0.2) is 0 Å². The van der Waals surface area contributed by atoms with Crippen molar-refractivity contribution in [3.05, 3.63) is 35.9 Å². The Kier molecular flexibility index (Phi) is 4.23. The van der Waals surface area contributed by atoms with Gasteiger partial charge in [-0.3, -0.25) is 9.36 Å². The molecule has 1 unspecified atom stereocenters. The van der Waals surface area contributed by atoms with E-state index in [1.165, 1.54) is 18.4 Å². The van der Waals surface area contributed by atoms with Crippen molar-refractivity contribution in [1.82, 2.24) is 29.8 Å². The van der Waals surface area contributed by atoms with Crippen molar-refractivity contribution >= 4 is 6.03 Å². The van der Waals surface area contributed by atoms with E-state index in [-0.39, 0.29) is 12.1 Å². The van der Waals surface area contributed by atoms with Crippen LogP contribution < -0.4 is 5.32 Å². The van der Waals surface area contributed by atoms with E-state index in [9.17, 15) is 4.79 Å². The first-order chi connectivity index (χ1) is 12.1. The third kappa shape index (κ3) is 3.55. The summed E-state index contributed by atoms with van der Waals surface area (Å²) in [5, 5.41) is 11.9. The Morgan fingerprint density at radius 1 is 1.08 bits per heavy atom. The fourth-order valence-corrected chi connectivity index (χ4v) is 3.44. The summed E-state index contributed by atoms with van der Waals surface area (Å²) in [5.41, 5.74) is 2.25. The molecule has 0 spiro atoms. The average Bonchev–Trinajstić information content (AvgIpc) is 3.17. The van der Waals surface area contributed by atoms with Crippen LogP contribution in [0.5, 0.6) is 0 Å². The lowest BCUT2D eigenvalue weighted by molar-refractivity contribution is 0.166. The highest BCUT2D eigenvalue weighted by Crippen LogP contribution is 2.34. The summed E-state index contributed by atoms with van der Waals surface area (Å²) in [6, 6.07) is 0.960. The Bertz CT molecular complexity index is 738. The fraction of sp³-hybridized carbons (Fsp3) is 0.611. The molecule has 2 aromatic rings. The summed E-state index contributed by atoms with van der Waals surface area (Å²) < 4.78 is 4.06. The minimum atomic E-state index is -0.0218. The standard InChI is InChI=1S/C18H26N6O/c1-13-9-19-23(11-13)17-5-7-22(8-6-17)18(25)21-14(2)15-10-20-24(12-15)16-3-4-16/h9-12,14,16-17H,3-8H2,1-2H3,(H,21,25). The number of likely N-dealkylation sites (tertiary alicyclic amines) is 1. The Morgan fingerprint density at radius 3 is 2.36 bits per heavy atom. The van der Waals surface area contributed by atoms with Gasteiger partial charge in [0, 0.05) is 31.0 Å². The molecule has 1 aliphatic carbocycles. The van der Waals surface area contributed by atoms with Gasteiger partial charge in [0.25, 0.3) is 0 Å². The van der Waals surface area contributed by atoms with Crippen molar-refractivity contribution in [3.63, 3.8) is 0 Å². The maximum atomic E-state index is 12.5. The number of nitrogens with one attached hydrogen (secondary N) is 1. The predicted octanol–water partition coefficient (Wildman–Crippen LogP) is 2.83. The molecule has 7 nitrogen and oxygen atoms in total. The number of carbonyl (C=O) groups excluding carboxylic acids is 1. The molecule has 0 bridgehead atoms. The molecule has 134 valence electrons. The number of rotatable bonds is 4. The fourth-order valence-electron chi connectivity index (χ4n) is 3.44. The number of urea groups is 1. The second kappa shape index (κ2) is 6.54. The summed E-state index contributed by atoms with van der Waals surface area (Å²) in [6.45, 7) is 5.61. The first-order valence-corrected chi connectivity index (χ1v) is 9.20. The molecule has 1 aliphatic heterocycles. The van der Waals surface area contributed by atoms with Crippen LogP contribution in [0.25, 0.3) is 0 Å². The number of aromatic nitrogens is 4. The van der Waals surface area contributed by atoms with Crippen LogP contribution in [0.4, 0.5) is 4.79 Å². The van der Waals surface area contributed by atoms with Crippen LogP contribution in [0.1, 0.15) is 61.9 Å². The molecule has 1 N–H and O–H groups in total. The molecule has 1 atom stereocenters. The van der Waals surface area contributed by atoms with Crippen LogP contribution in [-0.2, 0) is 0 Å². The third-order valence-corrected chi connectivity index (χ3v) is 5.24. The normalized spacial score (nSPS) is 19.8. The number of aryl methyl sites for hydroxylation is 1. The van der Waals surface area contributed by atoms with Gasteiger partial charge >= 0.3 is 6.03 Å². The van der Waals surface area contributed by atoms with Crippen LogP contribution >= 0.6 is 0 Å². The molecule has 0 aromatic carbocycles. The molecule has 2 amide bonds. The maximum Gasteiger partial charge on any atom is 0.317 e. The minimum Gasteiger partial charge on any atom is -0.331 e. The van der Waals surface area contributed by atoms with Crippen molar-refractivity contribution in [1.29, 1.82) is 0 Å². The van der Waals surface area contributed by atoms with Gasteiger partial charge in [-0.1, -0.05) is 0 Å². The number of nitrogens with zero attached hydrogens (tertiary/aromatic N) is 5. The Morgan fingerprint density at radius 2 is 1.72 bits per heavy atom. The molecule has 7 heteroatoms. The highest BCUT2D eigenvalue weighted by molar-refractivity contribution is 5.74. The van der Waals surface area contributed by atoms with E-state index >= 15 is 0 Å². The number of piperidine rings is 1. The quantitative estimate of drug-likeness (QED) is 0.929. The highest BCUT2D eigenvalue weighted by Gasteiger charge is 2.27. The summed E-state index contributed by atoms with van der Waals surface area (Å²) >= 11 is 0. The van der Waals surface area contributed by atoms with Crippen molar-refractivity contribution < 1.29 is 4.79 Å². The number of carbonyl (C=O) groups is 1. The van der Waals surface area contributed by atoms with Gasteiger partial charge in [-0.2, -0.15) is 10.2 Å². The first-order valence-electron chi connectivity index (χ1n) is 9.20. The Hall–Kier alpha value is -2.31. The predicted molar refractivity (Wildman–Crippen MR) is 94.3 cm³/mol.